The Morgan fingerprint density at radius 2 is 2.21 bits per heavy atom. The van der Waals surface area contributed by atoms with Crippen LogP contribution < -0.4 is 5.32 Å². The van der Waals surface area contributed by atoms with Crippen LogP contribution in [0.1, 0.15) is 24.8 Å². The molecule has 0 fully saturated rings. The number of hydrogen-bond donors (Lipinski definition) is 1. The van der Waals surface area contributed by atoms with Crippen LogP contribution in [0.5, 0.6) is 0 Å². The van der Waals surface area contributed by atoms with Gasteiger partial charge in [0.25, 0.3) is 0 Å². The summed E-state index contributed by atoms with van der Waals surface area (Å²) in [4.78, 5) is 4.33. The SMILES string of the molecule is CCC(Cc1nc(-c2cc(F)ccc2C)no1)NC. The van der Waals surface area contributed by atoms with Crippen molar-refractivity contribution in [2.45, 2.75) is 32.7 Å². The molecule has 0 radical (unpaired) electrons. The van der Waals surface area contributed by atoms with Gasteiger partial charge in [-0.05, 0) is 38.1 Å². The number of likely N-dealkylation sites (N-methyl/N-ethyl adjacent to an activating group) is 1. The highest BCUT2D eigenvalue weighted by Gasteiger charge is 2.14. The van der Waals surface area contributed by atoms with Crippen LogP contribution in [-0.4, -0.2) is 23.2 Å². The van der Waals surface area contributed by atoms with E-state index in [1.807, 2.05) is 14.0 Å². The zero-order valence-corrected chi connectivity index (χ0v) is 11.4. The minimum absolute atomic E-state index is 0.298. The summed E-state index contributed by atoms with van der Waals surface area (Å²) in [6.07, 6.45) is 1.65. The van der Waals surface area contributed by atoms with Crippen LogP contribution in [0.3, 0.4) is 0 Å². The van der Waals surface area contributed by atoms with E-state index in [-0.39, 0.29) is 5.82 Å². The molecule has 2 rings (SSSR count). The number of halogens is 1. The van der Waals surface area contributed by atoms with E-state index in [9.17, 15) is 4.39 Å². The molecular formula is C14H18FN3O. The highest BCUT2D eigenvalue weighted by molar-refractivity contribution is 5.59. The van der Waals surface area contributed by atoms with E-state index in [1.54, 1.807) is 6.07 Å². The van der Waals surface area contributed by atoms with Crippen molar-refractivity contribution in [1.82, 2.24) is 15.5 Å². The fourth-order valence-corrected chi connectivity index (χ4v) is 1.94. The predicted octanol–water partition coefficient (Wildman–Crippen LogP) is 2.72. The Kier molecular flexibility index (Phi) is 4.27. The molecule has 1 atom stereocenters. The van der Waals surface area contributed by atoms with Crippen molar-refractivity contribution in [3.63, 3.8) is 0 Å². The Bertz CT molecular complexity index is 549. The van der Waals surface area contributed by atoms with Crippen molar-refractivity contribution in [1.29, 1.82) is 0 Å². The van der Waals surface area contributed by atoms with Crippen LogP contribution in [0.4, 0.5) is 4.39 Å². The predicted molar refractivity (Wildman–Crippen MR) is 71.3 cm³/mol. The Hall–Kier alpha value is -1.75. The van der Waals surface area contributed by atoms with Crippen LogP contribution in [0.2, 0.25) is 0 Å². The second-order valence-corrected chi connectivity index (χ2v) is 4.57. The summed E-state index contributed by atoms with van der Waals surface area (Å²) in [6.45, 7) is 3.99. The van der Waals surface area contributed by atoms with Gasteiger partial charge in [-0.1, -0.05) is 18.1 Å². The third-order valence-corrected chi connectivity index (χ3v) is 3.23. The number of nitrogens with one attached hydrogen (secondary N) is 1. The van der Waals surface area contributed by atoms with E-state index in [0.717, 1.165) is 12.0 Å². The number of nitrogens with zero attached hydrogens (tertiary/aromatic N) is 2. The van der Waals surface area contributed by atoms with Gasteiger partial charge in [0, 0.05) is 18.0 Å². The third kappa shape index (κ3) is 3.17. The third-order valence-electron chi connectivity index (χ3n) is 3.23. The van der Waals surface area contributed by atoms with Crippen molar-refractivity contribution < 1.29 is 8.91 Å². The second-order valence-electron chi connectivity index (χ2n) is 4.57. The smallest absolute Gasteiger partial charge is 0.228 e. The average Bonchev–Trinajstić information content (AvgIpc) is 2.87. The van der Waals surface area contributed by atoms with Crippen LogP contribution in [0.25, 0.3) is 11.4 Å². The summed E-state index contributed by atoms with van der Waals surface area (Å²) in [5.74, 6) is 0.714. The molecule has 0 spiro atoms. The van der Waals surface area contributed by atoms with Gasteiger partial charge in [0.2, 0.25) is 11.7 Å². The summed E-state index contributed by atoms with van der Waals surface area (Å²) in [5, 5.41) is 7.11. The Morgan fingerprint density at radius 3 is 2.89 bits per heavy atom. The lowest BCUT2D eigenvalue weighted by Gasteiger charge is -2.09. The lowest BCUT2D eigenvalue weighted by atomic mass is 10.1. The molecular weight excluding hydrogens is 245 g/mol. The first-order valence-corrected chi connectivity index (χ1v) is 6.40. The normalized spacial score (nSPS) is 12.6. The van der Waals surface area contributed by atoms with Crippen LogP contribution >= 0.6 is 0 Å². The zero-order valence-electron chi connectivity index (χ0n) is 11.4. The van der Waals surface area contributed by atoms with Gasteiger partial charge < -0.3 is 9.84 Å². The summed E-state index contributed by atoms with van der Waals surface area (Å²) in [5.41, 5.74) is 1.60. The standard InChI is InChI=1S/C14H18FN3O/c1-4-11(16-3)8-13-17-14(18-19-13)12-7-10(15)6-5-9(12)2/h5-7,11,16H,4,8H2,1-3H3. The maximum absolute atomic E-state index is 13.3. The zero-order chi connectivity index (χ0) is 13.8. The first-order chi connectivity index (χ1) is 9.13. The van der Waals surface area contributed by atoms with Crippen LogP contribution in [0.15, 0.2) is 22.7 Å². The lowest BCUT2D eigenvalue weighted by molar-refractivity contribution is 0.359. The molecule has 0 aliphatic heterocycles. The minimum atomic E-state index is -0.298. The van der Waals surface area contributed by atoms with Gasteiger partial charge >= 0.3 is 0 Å². The number of aryl methyl sites for hydroxylation is 1. The van der Waals surface area contributed by atoms with E-state index in [1.165, 1.54) is 12.1 Å². The molecule has 2 aromatic rings. The summed E-state index contributed by atoms with van der Waals surface area (Å²) >= 11 is 0. The van der Waals surface area contributed by atoms with Gasteiger partial charge in [-0.25, -0.2) is 4.39 Å². The maximum atomic E-state index is 13.3. The summed E-state index contributed by atoms with van der Waals surface area (Å²) in [7, 11) is 1.90. The quantitative estimate of drug-likeness (QED) is 0.901. The molecule has 0 bridgehead atoms. The summed E-state index contributed by atoms with van der Waals surface area (Å²) in [6, 6.07) is 4.87. The highest BCUT2D eigenvalue weighted by Crippen LogP contribution is 2.21. The van der Waals surface area contributed by atoms with Crippen molar-refractivity contribution >= 4 is 0 Å². The van der Waals surface area contributed by atoms with Gasteiger partial charge in [-0.2, -0.15) is 4.98 Å². The monoisotopic (exact) mass is 263 g/mol. The van der Waals surface area contributed by atoms with Gasteiger partial charge in [-0.15, -0.1) is 0 Å². The van der Waals surface area contributed by atoms with E-state index >= 15 is 0 Å². The van der Waals surface area contributed by atoms with E-state index in [0.29, 0.717) is 29.7 Å². The van der Waals surface area contributed by atoms with Gasteiger partial charge in [0.05, 0.1) is 0 Å². The first kappa shape index (κ1) is 13.7. The van der Waals surface area contributed by atoms with Crippen LogP contribution in [0, 0.1) is 12.7 Å². The van der Waals surface area contributed by atoms with Crippen molar-refractivity contribution in [3.05, 3.63) is 35.5 Å². The average molecular weight is 263 g/mol. The minimum Gasteiger partial charge on any atom is -0.339 e. The summed E-state index contributed by atoms with van der Waals surface area (Å²) < 4.78 is 18.5. The molecule has 0 saturated heterocycles. The van der Waals surface area contributed by atoms with E-state index < -0.39 is 0 Å². The Morgan fingerprint density at radius 1 is 1.42 bits per heavy atom. The lowest BCUT2D eigenvalue weighted by Crippen LogP contribution is -2.26. The topological polar surface area (TPSA) is 51.0 Å². The number of hydrogen-bond acceptors (Lipinski definition) is 4. The van der Waals surface area contributed by atoms with Crippen molar-refractivity contribution in [3.8, 4) is 11.4 Å². The molecule has 19 heavy (non-hydrogen) atoms. The number of benzene rings is 1. The molecule has 0 aliphatic rings. The number of rotatable bonds is 5. The van der Waals surface area contributed by atoms with Crippen molar-refractivity contribution in [2.75, 3.05) is 7.05 Å². The molecule has 102 valence electrons. The molecule has 0 saturated carbocycles. The van der Waals surface area contributed by atoms with Gasteiger partial charge in [-0.3, -0.25) is 0 Å². The molecule has 5 heteroatoms. The largest absolute Gasteiger partial charge is 0.339 e. The van der Waals surface area contributed by atoms with Gasteiger partial charge in [0.15, 0.2) is 0 Å². The van der Waals surface area contributed by atoms with E-state index in [4.69, 9.17) is 4.52 Å². The van der Waals surface area contributed by atoms with Crippen molar-refractivity contribution in [2.24, 2.45) is 0 Å². The van der Waals surface area contributed by atoms with E-state index in [2.05, 4.69) is 22.4 Å². The van der Waals surface area contributed by atoms with Crippen LogP contribution in [-0.2, 0) is 6.42 Å². The number of aromatic nitrogens is 2. The Balaban J connectivity index is 2.23. The molecule has 4 nitrogen and oxygen atoms in total. The molecule has 1 aromatic heterocycles. The highest BCUT2D eigenvalue weighted by atomic mass is 19.1. The maximum Gasteiger partial charge on any atom is 0.228 e. The fourth-order valence-electron chi connectivity index (χ4n) is 1.94. The molecule has 1 heterocycles. The molecule has 0 aliphatic carbocycles. The Labute approximate surface area is 112 Å². The second kappa shape index (κ2) is 5.93. The molecule has 1 unspecified atom stereocenters. The molecule has 1 aromatic carbocycles. The molecule has 1 N–H and O–H groups in total. The first-order valence-electron chi connectivity index (χ1n) is 6.40. The van der Waals surface area contributed by atoms with Gasteiger partial charge in [0.1, 0.15) is 5.82 Å². The fraction of sp³-hybridized carbons (Fsp3) is 0.429. The molecule has 0 amide bonds.